The third kappa shape index (κ3) is 2.41. The second kappa shape index (κ2) is 4.81. The summed E-state index contributed by atoms with van der Waals surface area (Å²) in [5, 5.41) is 11.5. The van der Waals surface area contributed by atoms with E-state index in [-0.39, 0.29) is 0 Å². The summed E-state index contributed by atoms with van der Waals surface area (Å²) in [6, 6.07) is 0.560. The van der Waals surface area contributed by atoms with Gasteiger partial charge >= 0.3 is 0 Å². The molecule has 5 heteroatoms. The highest BCUT2D eigenvalue weighted by molar-refractivity contribution is 5.79. The van der Waals surface area contributed by atoms with E-state index in [1.54, 1.807) is 0 Å². The molecular weight excluding hydrogens is 194 g/mol. The maximum atomic E-state index is 8.47. The summed E-state index contributed by atoms with van der Waals surface area (Å²) in [5.41, 5.74) is 5.47. The smallest absolute Gasteiger partial charge is 0.140 e. The molecule has 1 aliphatic heterocycles. The minimum atomic E-state index is 0.316. The van der Waals surface area contributed by atoms with Crippen LogP contribution in [0.1, 0.15) is 25.7 Å². The summed E-state index contributed by atoms with van der Waals surface area (Å²) >= 11 is 0. The highest BCUT2D eigenvalue weighted by Crippen LogP contribution is 2.29. The lowest BCUT2D eigenvalue weighted by molar-refractivity contribution is -0.0544. The first kappa shape index (κ1) is 10.7. The molecular formula is C10H19N3O2. The van der Waals surface area contributed by atoms with Gasteiger partial charge in [0.15, 0.2) is 0 Å². The van der Waals surface area contributed by atoms with Crippen molar-refractivity contribution >= 4 is 5.84 Å². The minimum Gasteiger partial charge on any atom is -0.409 e. The Morgan fingerprint density at radius 3 is 3.20 bits per heavy atom. The molecule has 0 spiro atoms. The fourth-order valence-corrected chi connectivity index (χ4v) is 2.59. The monoisotopic (exact) mass is 213 g/mol. The summed E-state index contributed by atoms with van der Waals surface area (Å²) in [6.45, 7) is 2.66. The van der Waals surface area contributed by atoms with Gasteiger partial charge < -0.3 is 15.7 Å². The maximum absolute atomic E-state index is 8.47. The van der Waals surface area contributed by atoms with Crippen molar-refractivity contribution in [3.8, 4) is 0 Å². The van der Waals surface area contributed by atoms with Crippen LogP contribution in [-0.2, 0) is 4.74 Å². The SMILES string of the molecule is NC(CCN1CCOC2CCCC21)=NO. The van der Waals surface area contributed by atoms with Crippen molar-refractivity contribution in [3.05, 3.63) is 0 Å². The quantitative estimate of drug-likeness (QED) is 0.308. The summed E-state index contributed by atoms with van der Waals surface area (Å²) in [7, 11) is 0. The fraction of sp³-hybridized carbons (Fsp3) is 0.900. The average Bonchev–Trinajstić information content (AvgIpc) is 2.74. The van der Waals surface area contributed by atoms with Crippen molar-refractivity contribution in [2.75, 3.05) is 19.7 Å². The Kier molecular flexibility index (Phi) is 3.43. The van der Waals surface area contributed by atoms with Crippen molar-refractivity contribution in [1.82, 2.24) is 4.90 Å². The number of oxime groups is 1. The topological polar surface area (TPSA) is 71.1 Å². The van der Waals surface area contributed by atoms with E-state index in [1.165, 1.54) is 19.3 Å². The van der Waals surface area contributed by atoms with Crippen molar-refractivity contribution in [1.29, 1.82) is 0 Å². The Morgan fingerprint density at radius 2 is 2.40 bits per heavy atom. The van der Waals surface area contributed by atoms with Crippen LogP contribution in [0, 0.1) is 0 Å². The molecule has 2 aliphatic rings. The lowest BCUT2D eigenvalue weighted by Crippen LogP contribution is -2.49. The number of ether oxygens (including phenoxy) is 1. The van der Waals surface area contributed by atoms with E-state index in [4.69, 9.17) is 15.7 Å². The van der Waals surface area contributed by atoms with Gasteiger partial charge in [0, 0.05) is 25.6 Å². The number of hydrogen-bond donors (Lipinski definition) is 2. The van der Waals surface area contributed by atoms with Crippen LogP contribution in [0.25, 0.3) is 0 Å². The molecule has 0 radical (unpaired) electrons. The first-order valence-electron chi connectivity index (χ1n) is 5.63. The zero-order valence-corrected chi connectivity index (χ0v) is 8.93. The Bertz CT molecular complexity index is 245. The number of hydrogen-bond acceptors (Lipinski definition) is 4. The third-order valence-electron chi connectivity index (χ3n) is 3.38. The van der Waals surface area contributed by atoms with Crippen LogP contribution in [0.3, 0.4) is 0 Å². The number of rotatable bonds is 3. The molecule has 86 valence electrons. The number of fused-ring (bicyclic) bond motifs is 1. The Balaban J connectivity index is 1.85. The van der Waals surface area contributed by atoms with Gasteiger partial charge in [-0.3, -0.25) is 4.90 Å². The van der Waals surface area contributed by atoms with Crippen LogP contribution < -0.4 is 5.73 Å². The summed E-state index contributed by atoms with van der Waals surface area (Å²) < 4.78 is 5.71. The Hall–Kier alpha value is -0.810. The van der Waals surface area contributed by atoms with E-state index in [2.05, 4.69) is 10.1 Å². The van der Waals surface area contributed by atoms with Crippen LogP contribution in [0.15, 0.2) is 5.16 Å². The molecule has 0 amide bonds. The van der Waals surface area contributed by atoms with E-state index < -0.39 is 0 Å². The van der Waals surface area contributed by atoms with Crippen molar-refractivity contribution < 1.29 is 9.94 Å². The molecule has 2 fully saturated rings. The zero-order valence-electron chi connectivity index (χ0n) is 8.93. The van der Waals surface area contributed by atoms with Gasteiger partial charge in [0.1, 0.15) is 5.84 Å². The molecule has 0 aromatic carbocycles. The van der Waals surface area contributed by atoms with Gasteiger partial charge in [-0.1, -0.05) is 5.16 Å². The Morgan fingerprint density at radius 1 is 1.53 bits per heavy atom. The molecule has 1 saturated carbocycles. The Labute approximate surface area is 89.9 Å². The summed E-state index contributed by atoms with van der Waals surface area (Å²) in [6.07, 6.45) is 4.73. The van der Waals surface area contributed by atoms with E-state index in [1.807, 2.05) is 0 Å². The first-order valence-corrected chi connectivity index (χ1v) is 5.63. The van der Waals surface area contributed by atoms with E-state index in [0.717, 1.165) is 19.7 Å². The van der Waals surface area contributed by atoms with Crippen LogP contribution in [-0.4, -0.2) is 47.8 Å². The molecule has 1 heterocycles. The number of morpholine rings is 1. The van der Waals surface area contributed by atoms with E-state index in [0.29, 0.717) is 24.4 Å². The van der Waals surface area contributed by atoms with Crippen molar-refractivity contribution in [2.24, 2.45) is 10.9 Å². The zero-order chi connectivity index (χ0) is 10.7. The second-order valence-corrected chi connectivity index (χ2v) is 4.28. The number of amidine groups is 1. The molecule has 0 bridgehead atoms. The molecule has 0 aromatic rings. The molecule has 3 N–H and O–H groups in total. The van der Waals surface area contributed by atoms with Gasteiger partial charge in [0.05, 0.1) is 12.7 Å². The third-order valence-corrected chi connectivity index (χ3v) is 3.38. The van der Waals surface area contributed by atoms with Crippen LogP contribution in [0.4, 0.5) is 0 Å². The highest BCUT2D eigenvalue weighted by atomic mass is 16.5. The van der Waals surface area contributed by atoms with Crippen LogP contribution in [0.5, 0.6) is 0 Å². The summed E-state index contributed by atoms with van der Waals surface area (Å²) in [4.78, 5) is 2.42. The standard InChI is InChI=1S/C10H19N3O2/c11-10(12-14)4-5-13-6-7-15-9-3-1-2-8(9)13/h8-9,14H,1-7H2,(H2,11,12). The fourth-order valence-electron chi connectivity index (χ4n) is 2.59. The van der Waals surface area contributed by atoms with E-state index >= 15 is 0 Å². The maximum Gasteiger partial charge on any atom is 0.140 e. The normalized spacial score (nSPS) is 32.9. The largest absolute Gasteiger partial charge is 0.409 e. The second-order valence-electron chi connectivity index (χ2n) is 4.28. The highest BCUT2D eigenvalue weighted by Gasteiger charge is 2.35. The van der Waals surface area contributed by atoms with E-state index in [9.17, 15) is 0 Å². The molecule has 1 saturated heterocycles. The van der Waals surface area contributed by atoms with Gasteiger partial charge in [0.25, 0.3) is 0 Å². The molecule has 0 aromatic heterocycles. The predicted octanol–water partition coefficient (Wildman–Crippen LogP) is 0.376. The first-order chi connectivity index (χ1) is 7.31. The van der Waals surface area contributed by atoms with Gasteiger partial charge in [-0.2, -0.15) is 0 Å². The van der Waals surface area contributed by atoms with Crippen LogP contribution >= 0.6 is 0 Å². The lowest BCUT2D eigenvalue weighted by Gasteiger charge is -2.37. The van der Waals surface area contributed by atoms with Gasteiger partial charge in [-0.25, -0.2) is 0 Å². The molecule has 1 aliphatic carbocycles. The van der Waals surface area contributed by atoms with Crippen molar-refractivity contribution in [2.45, 2.75) is 37.8 Å². The van der Waals surface area contributed by atoms with Gasteiger partial charge in [-0.15, -0.1) is 0 Å². The molecule has 15 heavy (non-hydrogen) atoms. The molecule has 2 rings (SSSR count). The molecule has 2 unspecified atom stereocenters. The van der Waals surface area contributed by atoms with Crippen LogP contribution in [0.2, 0.25) is 0 Å². The molecule has 2 atom stereocenters. The average molecular weight is 213 g/mol. The lowest BCUT2D eigenvalue weighted by atomic mass is 10.1. The number of nitrogens with two attached hydrogens (primary N) is 1. The van der Waals surface area contributed by atoms with Crippen molar-refractivity contribution in [3.63, 3.8) is 0 Å². The van der Waals surface area contributed by atoms with Gasteiger partial charge in [0.2, 0.25) is 0 Å². The van der Waals surface area contributed by atoms with Gasteiger partial charge in [-0.05, 0) is 19.3 Å². The summed E-state index contributed by atoms with van der Waals surface area (Å²) in [5.74, 6) is 0.316. The molecule has 5 nitrogen and oxygen atoms in total. The minimum absolute atomic E-state index is 0.316. The predicted molar refractivity (Wildman–Crippen MR) is 57.0 cm³/mol. The number of nitrogens with zero attached hydrogens (tertiary/aromatic N) is 2.